The van der Waals surface area contributed by atoms with E-state index < -0.39 is 6.10 Å². The fourth-order valence-corrected chi connectivity index (χ4v) is 5.57. The molecule has 33 heavy (non-hydrogen) atoms. The largest absolute Gasteiger partial charge is 0.390 e. The zero-order chi connectivity index (χ0) is 22.8. The standard InChI is InChI=1S/C30H34N2O/c1-22-18-23(2)29-27(19-22)28(24-12-6-3-7-13-24)30(25-14-8-4-9-15-25)32(29)21-26(33)20-31-16-10-5-11-17-31/h3-4,6-9,12-15,18-19,26,33H,5,10-11,16-17,20-21H2,1-2H3. The van der Waals surface area contributed by atoms with Crippen LogP contribution in [0.4, 0.5) is 0 Å². The fraction of sp³-hybridized carbons (Fsp3) is 0.333. The normalized spacial score (nSPS) is 15.7. The predicted octanol–water partition coefficient (Wildman–Crippen LogP) is 6.44. The van der Waals surface area contributed by atoms with Crippen LogP contribution in [0.3, 0.4) is 0 Å². The quantitative estimate of drug-likeness (QED) is 0.375. The molecule has 0 saturated carbocycles. The molecule has 1 unspecified atom stereocenters. The van der Waals surface area contributed by atoms with Crippen LogP contribution in [0.5, 0.6) is 0 Å². The lowest BCUT2D eigenvalue weighted by molar-refractivity contribution is 0.0896. The first kappa shape index (κ1) is 21.9. The van der Waals surface area contributed by atoms with Crippen molar-refractivity contribution in [1.29, 1.82) is 0 Å². The molecule has 1 atom stereocenters. The van der Waals surface area contributed by atoms with Crippen LogP contribution in [-0.2, 0) is 6.54 Å². The molecule has 0 spiro atoms. The van der Waals surface area contributed by atoms with Crippen molar-refractivity contribution in [3.05, 3.63) is 83.9 Å². The molecule has 2 heterocycles. The van der Waals surface area contributed by atoms with Gasteiger partial charge in [0.15, 0.2) is 0 Å². The van der Waals surface area contributed by atoms with Crippen LogP contribution in [0.2, 0.25) is 0 Å². The van der Waals surface area contributed by atoms with Crippen LogP contribution >= 0.6 is 0 Å². The van der Waals surface area contributed by atoms with E-state index in [1.807, 2.05) is 0 Å². The number of aromatic nitrogens is 1. The Morgan fingerprint density at radius 1 is 0.788 bits per heavy atom. The molecular formula is C30H34N2O. The topological polar surface area (TPSA) is 28.4 Å². The van der Waals surface area contributed by atoms with Crippen molar-refractivity contribution >= 4 is 10.9 Å². The Balaban J connectivity index is 1.70. The van der Waals surface area contributed by atoms with Gasteiger partial charge in [-0.1, -0.05) is 78.7 Å². The van der Waals surface area contributed by atoms with Crippen molar-refractivity contribution in [2.75, 3.05) is 19.6 Å². The van der Waals surface area contributed by atoms with E-state index in [2.05, 4.69) is 96.1 Å². The summed E-state index contributed by atoms with van der Waals surface area (Å²) in [7, 11) is 0. The van der Waals surface area contributed by atoms with Gasteiger partial charge < -0.3 is 14.6 Å². The van der Waals surface area contributed by atoms with Crippen molar-refractivity contribution < 1.29 is 5.11 Å². The average molecular weight is 439 g/mol. The molecule has 0 aliphatic carbocycles. The molecule has 1 aromatic heterocycles. The summed E-state index contributed by atoms with van der Waals surface area (Å²) in [6, 6.07) is 25.9. The molecule has 4 aromatic rings. The summed E-state index contributed by atoms with van der Waals surface area (Å²) < 4.78 is 2.39. The van der Waals surface area contributed by atoms with Crippen molar-refractivity contribution in [3.63, 3.8) is 0 Å². The van der Waals surface area contributed by atoms with Gasteiger partial charge >= 0.3 is 0 Å². The van der Waals surface area contributed by atoms with Gasteiger partial charge in [0.1, 0.15) is 0 Å². The van der Waals surface area contributed by atoms with Gasteiger partial charge in [0.2, 0.25) is 0 Å². The molecule has 1 fully saturated rings. The third kappa shape index (κ3) is 4.48. The molecule has 0 radical (unpaired) electrons. The number of hydrogen-bond acceptors (Lipinski definition) is 2. The third-order valence-corrected chi connectivity index (χ3v) is 6.91. The van der Waals surface area contributed by atoms with Crippen LogP contribution < -0.4 is 0 Å². The second kappa shape index (κ2) is 9.54. The number of likely N-dealkylation sites (tertiary alicyclic amines) is 1. The van der Waals surface area contributed by atoms with Crippen molar-refractivity contribution in [2.45, 2.75) is 45.8 Å². The number of fused-ring (bicyclic) bond motifs is 1. The Labute approximate surface area is 197 Å². The zero-order valence-corrected chi connectivity index (χ0v) is 19.8. The molecule has 1 aliphatic heterocycles. The Morgan fingerprint density at radius 2 is 1.42 bits per heavy atom. The number of hydrogen-bond donors (Lipinski definition) is 1. The maximum Gasteiger partial charge on any atom is 0.0845 e. The van der Waals surface area contributed by atoms with Gasteiger partial charge in [-0.25, -0.2) is 0 Å². The minimum Gasteiger partial charge on any atom is -0.390 e. The highest BCUT2D eigenvalue weighted by Crippen LogP contribution is 2.42. The zero-order valence-electron chi connectivity index (χ0n) is 19.8. The van der Waals surface area contributed by atoms with Gasteiger partial charge in [0.25, 0.3) is 0 Å². The molecule has 3 heteroatoms. The number of β-amino-alcohol motifs (C(OH)–C–C–N with tert-alkyl or cyclic N) is 1. The molecule has 5 rings (SSSR count). The number of rotatable bonds is 6. The third-order valence-electron chi connectivity index (χ3n) is 6.91. The molecule has 1 saturated heterocycles. The van der Waals surface area contributed by atoms with Gasteiger partial charge in [-0.15, -0.1) is 0 Å². The van der Waals surface area contributed by atoms with Gasteiger partial charge in [-0.2, -0.15) is 0 Å². The number of piperidine rings is 1. The second-order valence-corrected chi connectivity index (χ2v) is 9.56. The van der Waals surface area contributed by atoms with Crippen LogP contribution in [0.15, 0.2) is 72.8 Å². The number of benzene rings is 3. The summed E-state index contributed by atoms with van der Waals surface area (Å²) in [5.74, 6) is 0. The van der Waals surface area contributed by atoms with Crippen molar-refractivity contribution in [2.24, 2.45) is 0 Å². The molecule has 1 aliphatic rings. The van der Waals surface area contributed by atoms with Gasteiger partial charge in [0, 0.05) is 17.5 Å². The lowest BCUT2D eigenvalue weighted by Gasteiger charge is -2.29. The van der Waals surface area contributed by atoms with Gasteiger partial charge in [0.05, 0.1) is 23.9 Å². The van der Waals surface area contributed by atoms with E-state index in [1.54, 1.807) is 0 Å². The first-order valence-corrected chi connectivity index (χ1v) is 12.3. The number of nitrogens with zero attached hydrogens (tertiary/aromatic N) is 2. The van der Waals surface area contributed by atoms with Gasteiger partial charge in [-0.05, 0) is 62.5 Å². The molecule has 0 bridgehead atoms. The van der Waals surface area contributed by atoms with E-state index in [-0.39, 0.29) is 0 Å². The summed E-state index contributed by atoms with van der Waals surface area (Å²) in [4.78, 5) is 2.43. The molecular weight excluding hydrogens is 404 g/mol. The maximum atomic E-state index is 11.2. The first-order chi connectivity index (χ1) is 16.1. The van der Waals surface area contributed by atoms with E-state index in [0.717, 1.165) is 19.6 Å². The van der Waals surface area contributed by atoms with Crippen LogP contribution in [-0.4, -0.2) is 40.3 Å². The van der Waals surface area contributed by atoms with Crippen LogP contribution in [0, 0.1) is 13.8 Å². The van der Waals surface area contributed by atoms with Crippen molar-refractivity contribution in [3.8, 4) is 22.4 Å². The minimum atomic E-state index is -0.412. The molecule has 3 aromatic carbocycles. The van der Waals surface area contributed by atoms with E-state index in [9.17, 15) is 5.11 Å². The fourth-order valence-electron chi connectivity index (χ4n) is 5.57. The Kier molecular flexibility index (Phi) is 6.34. The van der Waals surface area contributed by atoms with Crippen molar-refractivity contribution in [1.82, 2.24) is 9.47 Å². The second-order valence-electron chi connectivity index (χ2n) is 9.56. The van der Waals surface area contributed by atoms with Crippen LogP contribution in [0.25, 0.3) is 33.3 Å². The summed E-state index contributed by atoms with van der Waals surface area (Å²) >= 11 is 0. The molecule has 0 amide bonds. The summed E-state index contributed by atoms with van der Waals surface area (Å²) in [5.41, 5.74) is 8.62. The monoisotopic (exact) mass is 438 g/mol. The Bertz CT molecular complexity index is 1220. The molecule has 3 nitrogen and oxygen atoms in total. The number of aliphatic hydroxyl groups is 1. The van der Waals surface area contributed by atoms with E-state index in [4.69, 9.17) is 0 Å². The summed E-state index contributed by atoms with van der Waals surface area (Å²) in [6.45, 7) is 7.90. The molecule has 170 valence electrons. The van der Waals surface area contributed by atoms with Crippen LogP contribution in [0.1, 0.15) is 30.4 Å². The summed E-state index contributed by atoms with van der Waals surface area (Å²) in [6.07, 6.45) is 3.38. The highest BCUT2D eigenvalue weighted by atomic mass is 16.3. The van der Waals surface area contributed by atoms with E-state index >= 15 is 0 Å². The predicted molar refractivity (Wildman–Crippen MR) is 139 cm³/mol. The lowest BCUT2D eigenvalue weighted by Crippen LogP contribution is -2.38. The molecule has 1 N–H and O–H groups in total. The number of aliphatic hydroxyl groups excluding tert-OH is 1. The van der Waals surface area contributed by atoms with E-state index in [1.165, 1.54) is 63.7 Å². The highest BCUT2D eigenvalue weighted by molar-refractivity contribution is 6.06. The number of aryl methyl sites for hydroxylation is 2. The smallest absolute Gasteiger partial charge is 0.0845 e. The Hall–Kier alpha value is -2.88. The Morgan fingerprint density at radius 3 is 2.09 bits per heavy atom. The van der Waals surface area contributed by atoms with E-state index in [0.29, 0.717) is 6.54 Å². The average Bonchev–Trinajstić information content (AvgIpc) is 3.14. The highest BCUT2D eigenvalue weighted by Gasteiger charge is 2.24. The maximum absolute atomic E-state index is 11.2. The van der Waals surface area contributed by atoms with Gasteiger partial charge in [-0.3, -0.25) is 0 Å². The first-order valence-electron chi connectivity index (χ1n) is 12.3. The lowest BCUT2D eigenvalue weighted by atomic mass is 9.97. The minimum absolute atomic E-state index is 0.412. The SMILES string of the molecule is Cc1cc(C)c2c(c1)c(-c1ccccc1)c(-c1ccccc1)n2CC(O)CN1CCCCC1. The summed E-state index contributed by atoms with van der Waals surface area (Å²) in [5, 5.41) is 12.5.